The number of anilines is 1. The van der Waals surface area contributed by atoms with Crippen LogP contribution in [0.1, 0.15) is 32.0 Å². The lowest BCUT2D eigenvalue weighted by Gasteiger charge is -2.08. The third-order valence-corrected chi connectivity index (χ3v) is 2.91. The molecule has 104 valence electrons. The number of hydrogen-bond acceptors (Lipinski definition) is 3. The molecule has 0 saturated heterocycles. The predicted molar refractivity (Wildman–Crippen MR) is 74.0 cm³/mol. The smallest absolute Gasteiger partial charge is 0.357 e. The van der Waals surface area contributed by atoms with Crippen LogP contribution in [0.15, 0.2) is 24.4 Å². The number of aromatic nitrogens is 2. The average molecular weight is 273 g/mol. The number of carboxylic acids is 1. The predicted octanol–water partition coefficient (Wildman–Crippen LogP) is 1.99. The van der Waals surface area contributed by atoms with E-state index in [1.807, 2.05) is 26.0 Å². The maximum Gasteiger partial charge on any atom is 0.357 e. The zero-order chi connectivity index (χ0) is 14.9. The van der Waals surface area contributed by atoms with Gasteiger partial charge in [-0.05, 0) is 25.5 Å². The van der Waals surface area contributed by atoms with E-state index in [4.69, 9.17) is 5.11 Å². The van der Waals surface area contributed by atoms with Gasteiger partial charge in [-0.15, -0.1) is 0 Å². The highest BCUT2D eigenvalue weighted by Crippen LogP contribution is 2.18. The van der Waals surface area contributed by atoms with Gasteiger partial charge < -0.3 is 10.4 Å². The molecule has 0 atom stereocenters. The van der Waals surface area contributed by atoms with Crippen LogP contribution in [0, 0.1) is 13.8 Å². The summed E-state index contributed by atoms with van der Waals surface area (Å²) < 4.78 is 1.31. The van der Waals surface area contributed by atoms with Gasteiger partial charge in [0, 0.05) is 18.9 Å². The standard InChI is InChI=1S/C14H15N3O3/c1-8-4-5-11(9(2)6-8)15-13(18)10-7-17(3)16-12(10)14(19)20/h4-7H,1-3H3,(H,15,18)(H,19,20). The number of carboxylic acid groups (broad SMARTS) is 1. The lowest BCUT2D eigenvalue weighted by atomic mass is 10.1. The van der Waals surface area contributed by atoms with Crippen molar-refractivity contribution in [1.82, 2.24) is 9.78 Å². The molecule has 1 aromatic carbocycles. The van der Waals surface area contributed by atoms with Crippen LogP contribution >= 0.6 is 0 Å². The first-order valence-corrected chi connectivity index (χ1v) is 6.04. The van der Waals surface area contributed by atoms with Crippen LogP contribution in [0.25, 0.3) is 0 Å². The second kappa shape index (κ2) is 5.16. The lowest BCUT2D eigenvalue weighted by molar-refractivity contribution is 0.0685. The molecule has 6 heteroatoms. The summed E-state index contributed by atoms with van der Waals surface area (Å²) in [6.45, 7) is 3.84. The summed E-state index contributed by atoms with van der Waals surface area (Å²) in [6, 6.07) is 5.61. The maximum absolute atomic E-state index is 12.2. The fourth-order valence-corrected chi connectivity index (χ4v) is 1.96. The number of carbonyl (C=O) groups is 2. The Morgan fingerprint density at radius 2 is 2.00 bits per heavy atom. The molecule has 1 amide bonds. The fraction of sp³-hybridized carbons (Fsp3) is 0.214. The van der Waals surface area contributed by atoms with Gasteiger partial charge in [0.1, 0.15) is 0 Å². The third-order valence-electron chi connectivity index (χ3n) is 2.91. The molecule has 6 nitrogen and oxygen atoms in total. The van der Waals surface area contributed by atoms with Gasteiger partial charge in [0.25, 0.3) is 5.91 Å². The highest BCUT2D eigenvalue weighted by molar-refractivity contribution is 6.10. The van der Waals surface area contributed by atoms with Gasteiger partial charge in [-0.25, -0.2) is 4.79 Å². The summed E-state index contributed by atoms with van der Waals surface area (Å²) >= 11 is 0. The minimum Gasteiger partial charge on any atom is -0.476 e. The number of benzene rings is 1. The molecule has 0 saturated carbocycles. The van der Waals surface area contributed by atoms with E-state index in [0.717, 1.165) is 11.1 Å². The molecule has 20 heavy (non-hydrogen) atoms. The van der Waals surface area contributed by atoms with Crippen LogP contribution in [-0.4, -0.2) is 26.8 Å². The second-order valence-electron chi connectivity index (χ2n) is 4.64. The Balaban J connectivity index is 2.31. The van der Waals surface area contributed by atoms with E-state index in [1.54, 1.807) is 13.1 Å². The molecule has 1 aromatic heterocycles. The summed E-state index contributed by atoms with van der Waals surface area (Å²) in [5.74, 6) is -1.71. The Labute approximate surface area is 116 Å². The van der Waals surface area contributed by atoms with E-state index in [-0.39, 0.29) is 11.3 Å². The van der Waals surface area contributed by atoms with Gasteiger partial charge in [-0.1, -0.05) is 17.7 Å². The lowest BCUT2D eigenvalue weighted by Crippen LogP contribution is -2.16. The number of aryl methyl sites for hydroxylation is 3. The Hall–Kier alpha value is -2.63. The zero-order valence-corrected chi connectivity index (χ0v) is 11.5. The van der Waals surface area contributed by atoms with E-state index in [9.17, 15) is 9.59 Å². The van der Waals surface area contributed by atoms with E-state index in [1.165, 1.54) is 10.9 Å². The number of amides is 1. The Bertz CT molecular complexity index is 689. The van der Waals surface area contributed by atoms with Crippen molar-refractivity contribution >= 4 is 17.6 Å². The Morgan fingerprint density at radius 3 is 2.60 bits per heavy atom. The van der Waals surface area contributed by atoms with Crippen molar-refractivity contribution in [2.24, 2.45) is 7.05 Å². The van der Waals surface area contributed by atoms with Gasteiger partial charge in [0.05, 0.1) is 5.56 Å². The molecule has 2 aromatic rings. The van der Waals surface area contributed by atoms with Crippen molar-refractivity contribution in [2.75, 3.05) is 5.32 Å². The quantitative estimate of drug-likeness (QED) is 0.895. The third kappa shape index (κ3) is 2.69. The van der Waals surface area contributed by atoms with Gasteiger partial charge in [0.2, 0.25) is 0 Å². The molecular formula is C14H15N3O3. The van der Waals surface area contributed by atoms with Crippen molar-refractivity contribution in [3.63, 3.8) is 0 Å². The summed E-state index contributed by atoms with van der Waals surface area (Å²) in [7, 11) is 1.57. The first kappa shape index (κ1) is 13.8. The minimum absolute atomic E-state index is 0.0416. The molecule has 1 heterocycles. The van der Waals surface area contributed by atoms with Crippen molar-refractivity contribution < 1.29 is 14.7 Å². The maximum atomic E-state index is 12.2. The summed E-state index contributed by atoms with van der Waals surface area (Å²) in [6.07, 6.45) is 1.39. The van der Waals surface area contributed by atoms with Gasteiger partial charge in [-0.3, -0.25) is 9.48 Å². The minimum atomic E-state index is -1.23. The summed E-state index contributed by atoms with van der Waals surface area (Å²) in [5.41, 5.74) is 2.45. The first-order valence-electron chi connectivity index (χ1n) is 6.04. The van der Waals surface area contributed by atoms with Crippen molar-refractivity contribution in [1.29, 1.82) is 0 Å². The van der Waals surface area contributed by atoms with Crippen LogP contribution in [0.2, 0.25) is 0 Å². The van der Waals surface area contributed by atoms with Crippen LogP contribution < -0.4 is 5.32 Å². The Morgan fingerprint density at radius 1 is 1.30 bits per heavy atom. The molecule has 0 radical (unpaired) electrons. The van der Waals surface area contributed by atoms with E-state index in [0.29, 0.717) is 5.69 Å². The van der Waals surface area contributed by atoms with Crippen molar-refractivity contribution in [3.8, 4) is 0 Å². The van der Waals surface area contributed by atoms with Crippen LogP contribution in [-0.2, 0) is 7.05 Å². The van der Waals surface area contributed by atoms with Crippen molar-refractivity contribution in [3.05, 3.63) is 46.8 Å². The first-order chi connectivity index (χ1) is 9.38. The molecule has 0 aliphatic carbocycles. The molecule has 0 unspecified atom stereocenters. The summed E-state index contributed by atoms with van der Waals surface area (Å²) in [5, 5.41) is 15.5. The molecule has 2 N–H and O–H groups in total. The normalized spacial score (nSPS) is 10.3. The fourth-order valence-electron chi connectivity index (χ4n) is 1.96. The van der Waals surface area contributed by atoms with E-state index in [2.05, 4.69) is 10.4 Å². The number of nitrogens with one attached hydrogen (secondary N) is 1. The van der Waals surface area contributed by atoms with Crippen LogP contribution in [0.3, 0.4) is 0 Å². The van der Waals surface area contributed by atoms with E-state index >= 15 is 0 Å². The van der Waals surface area contributed by atoms with Crippen molar-refractivity contribution in [2.45, 2.75) is 13.8 Å². The molecule has 0 aliphatic rings. The number of aromatic carboxylic acids is 1. The van der Waals surface area contributed by atoms with Gasteiger partial charge in [-0.2, -0.15) is 5.10 Å². The van der Waals surface area contributed by atoms with Crippen LogP contribution in [0.5, 0.6) is 0 Å². The molecule has 0 fully saturated rings. The van der Waals surface area contributed by atoms with Crippen LogP contribution in [0.4, 0.5) is 5.69 Å². The molecule has 0 spiro atoms. The SMILES string of the molecule is Cc1ccc(NC(=O)c2cn(C)nc2C(=O)O)c(C)c1. The van der Waals surface area contributed by atoms with E-state index < -0.39 is 11.9 Å². The second-order valence-corrected chi connectivity index (χ2v) is 4.64. The number of rotatable bonds is 3. The number of carbonyl (C=O) groups excluding carboxylic acids is 1. The van der Waals surface area contributed by atoms with Gasteiger partial charge in [0.15, 0.2) is 5.69 Å². The summed E-state index contributed by atoms with van der Waals surface area (Å²) in [4.78, 5) is 23.2. The monoisotopic (exact) mass is 273 g/mol. The highest BCUT2D eigenvalue weighted by atomic mass is 16.4. The number of nitrogens with zero attached hydrogens (tertiary/aromatic N) is 2. The Kier molecular flexibility index (Phi) is 3.56. The molecule has 0 bridgehead atoms. The highest BCUT2D eigenvalue weighted by Gasteiger charge is 2.21. The molecular weight excluding hydrogens is 258 g/mol. The zero-order valence-electron chi connectivity index (χ0n) is 11.5. The molecule has 2 rings (SSSR count). The van der Waals surface area contributed by atoms with Gasteiger partial charge >= 0.3 is 5.97 Å². The largest absolute Gasteiger partial charge is 0.476 e. The molecule has 0 aliphatic heterocycles. The average Bonchev–Trinajstić information content (AvgIpc) is 2.75. The topological polar surface area (TPSA) is 84.2 Å². The number of hydrogen-bond donors (Lipinski definition) is 2.